The number of rotatable bonds is 5. The molecule has 0 aliphatic carbocycles. The van der Waals surface area contributed by atoms with Gasteiger partial charge < -0.3 is 9.73 Å². The van der Waals surface area contributed by atoms with Gasteiger partial charge in [0.25, 0.3) is 11.8 Å². The molecule has 0 saturated carbocycles. The molecule has 0 unspecified atom stereocenters. The zero-order chi connectivity index (χ0) is 15.1. The fourth-order valence-corrected chi connectivity index (χ4v) is 1.89. The summed E-state index contributed by atoms with van der Waals surface area (Å²) in [5.74, 6) is -0.194. The predicted molar refractivity (Wildman–Crippen MR) is 85.9 cm³/mol. The van der Waals surface area contributed by atoms with E-state index in [0.29, 0.717) is 11.3 Å². The highest BCUT2D eigenvalue weighted by Gasteiger charge is 2.06. The van der Waals surface area contributed by atoms with Gasteiger partial charge in [0.1, 0.15) is 5.76 Å². The molecule has 0 fully saturated rings. The Morgan fingerprint density at radius 1 is 1.19 bits per heavy atom. The Hall–Kier alpha value is -2.16. The number of nitrogens with zero attached hydrogens (tertiary/aromatic N) is 1. The minimum Gasteiger partial charge on any atom is -0.449 e. The second kappa shape index (κ2) is 7.58. The maximum Gasteiger partial charge on any atom is 0.259 e. The van der Waals surface area contributed by atoms with Crippen LogP contribution in [0.5, 0.6) is 0 Å². The maximum atomic E-state index is 11.7. The van der Waals surface area contributed by atoms with Crippen LogP contribution in [0.2, 0.25) is 0 Å². The molecule has 0 bridgehead atoms. The van der Waals surface area contributed by atoms with Gasteiger partial charge in [-0.25, -0.2) is 5.43 Å². The van der Waals surface area contributed by atoms with Crippen LogP contribution in [-0.2, 0) is 4.79 Å². The van der Waals surface area contributed by atoms with Gasteiger partial charge in [-0.1, -0.05) is 18.2 Å². The lowest BCUT2D eigenvalue weighted by molar-refractivity contribution is -0.120. The molecule has 2 rings (SSSR count). The van der Waals surface area contributed by atoms with Crippen LogP contribution in [0.15, 0.2) is 52.0 Å². The van der Waals surface area contributed by atoms with E-state index < -0.39 is 5.91 Å². The second-order valence-corrected chi connectivity index (χ2v) is 5.05. The number of carbonyl (C=O) groups is 2. The van der Waals surface area contributed by atoms with Crippen LogP contribution < -0.4 is 10.7 Å². The van der Waals surface area contributed by atoms with Gasteiger partial charge in [-0.2, -0.15) is 5.10 Å². The highest BCUT2D eigenvalue weighted by molar-refractivity contribution is 14.1. The van der Waals surface area contributed by atoms with E-state index >= 15 is 0 Å². The molecule has 0 aliphatic heterocycles. The van der Waals surface area contributed by atoms with Gasteiger partial charge >= 0.3 is 0 Å². The molecule has 2 aromatic rings. The fraction of sp³-hybridized carbons (Fsp3) is 0.0714. The molecule has 0 saturated heterocycles. The van der Waals surface area contributed by atoms with E-state index in [-0.39, 0.29) is 12.5 Å². The van der Waals surface area contributed by atoms with Crippen molar-refractivity contribution in [1.82, 2.24) is 10.7 Å². The summed E-state index contributed by atoms with van der Waals surface area (Å²) in [5, 5.41) is 6.23. The molecule has 21 heavy (non-hydrogen) atoms. The van der Waals surface area contributed by atoms with E-state index in [1.807, 2.05) is 28.7 Å². The summed E-state index contributed by atoms with van der Waals surface area (Å²) in [7, 11) is 0. The molecule has 6 nitrogen and oxygen atoms in total. The Balaban J connectivity index is 1.75. The van der Waals surface area contributed by atoms with Crippen LogP contribution in [0.25, 0.3) is 0 Å². The number of hydrazone groups is 1. The monoisotopic (exact) mass is 397 g/mol. The zero-order valence-corrected chi connectivity index (χ0v) is 13.0. The normalized spacial score (nSPS) is 10.5. The first-order chi connectivity index (χ1) is 10.1. The largest absolute Gasteiger partial charge is 0.449 e. The summed E-state index contributed by atoms with van der Waals surface area (Å²) in [6.45, 7) is -0.152. The van der Waals surface area contributed by atoms with Crippen LogP contribution in [0.3, 0.4) is 0 Å². The van der Waals surface area contributed by atoms with Crippen molar-refractivity contribution in [3.8, 4) is 0 Å². The van der Waals surface area contributed by atoms with Gasteiger partial charge in [-0.15, -0.1) is 0 Å². The van der Waals surface area contributed by atoms with Crippen LogP contribution >= 0.6 is 22.6 Å². The number of benzene rings is 1. The third-order valence-electron chi connectivity index (χ3n) is 2.42. The van der Waals surface area contributed by atoms with Crippen molar-refractivity contribution in [1.29, 1.82) is 0 Å². The SMILES string of the molecule is O=C(CNC(=O)c1ccccc1)NN=Cc1ccc(I)o1. The minimum absolute atomic E-state index is 0.152. The molecule has 0 radical (unpaired) electrons. The van der Waals surface area contributed by atoms with E-state index in [4.69, 9.17) is 4.42 Å². The molecule has 1 aromatic heterocycles. The highest BCUT2D eigenvalue weighted by atomic mass is 127. The molecule has 2 N–H and O–H groups in total. The molecule has 7 heteroatoms. The molecule has 0 atom stereocenters. The lowest BCUT2D eigenvalue weighted by Crippen LogP contribution is -2.34. The van der Waals surface area contributed by atoms with Gasteiger partial charge in [-0.05, 0) is 46.9 Å². The van der Waals surface area contributed by atoms with Crippen LogP contribution in [0.4, 0.5) is 0 Å². The summed E-state index contributed by atoms with van der Waals surface area (Å²) in [6, 6.07) is 12.2. The third kappa shape index (κ3) is 5.03. The number of nitrogens with one attached hydrogen (secondary N) is 2. The Bertz CT molecular complexity index is 652. The van der Waals surface area contributed by atoms with E-state index in [1.54, 1.807) is 36.4 Å². The average molecular weight is 397 g/mol. The van der Waals surface area contributed by atoms with Crippen molar-refractivity contribution >= 4 is 40.6 Å². The van der Waals surface area contributed by atoms with Gasteiger partial charge in [0.15, 0.2) is 3.77 Å². The Morgan fingerprint density at radius 3 is 2.62 bits per heavy atom. The first-order valence-corrected chi connectivity index (χ1v) is 7.13. The van der Waals surface area contributed by atoms with E-state index in [1.165, 1.54) is 6.21 Å². The molecule has 0 spiro atoms. The van der Waals surface area contributed by atoms with Crippen molar-refractivity contribution < 1.29 is 14.0 Å². The van der Waals surface area contributed by atoms with Crippen LogP contribution in [0, 0.1) is 3.77 Å². The summed E-state index contributed by atoms with van der Waals surface area (Å²) in [6.07, 6.45) is 1.39. The van der Waals surface area contributed by atoms with Crippen molar-refractivity contribution in [3.05, 3.63) is 57.6 Å². The van der Waals surface area contributed by atoms with E-state index in [0.717, 1.165) is 3.77 Å². The number of furan rings is 1. The number of hydrogen-bond donors (Lipinski definition) is 2. The summed E-state index contributed by atoms with van der Waals surface area (Å²) < 4.78 is 5.97. The van der Waals surface area contributed by atoms with Gasteiger partial charge in [0.05, 0.1) is 12.8 Å². The first-order valence-electron chi connectivity index (χ1n) is 6.05. The second-order valence-electron chi connectivity index (χ2n) is 3.98. The lowest BCUT2D eigenvalue weighted by atomic mass is 10.2. The average Bonchev–Trinajstić information content (AvgIpc) is 2.91. The highest BCUT2D eigenvalue weighted by Crippen LogP contribution is 2.07. The molecule has 0 aliphatic rings. The van der Waals surface area contributed by atoms with Crippen molar-refractivity contribution in [2.75, 3.05) is 6.54 Å². The topological polar surface area (TPSA) is 83.7 Å². The van der Waals surface area contributed by atoms with Gasteiger partial charge in [0.2, 0.25) is 0 Å². The summed E-state index contributed by atoms with van der Waals surface area (Å²) in [5.41, 5.74) is 2.80. The van der Waals surface area contributed by atoms with Crippen molar-refractivity contribution in [2.24, 2.45) is 5.10 Å². The lowest BCUT2D eigenvalue weighted by Gasteiger charge is -2.03. The predicted octanol–water partition coefficient (Wildman–Crippen LogP) is 1.76. The minimum atomic E-state index is -0.420. The Morgan fingerprint density at radius 2 is 1.95 bits per heavy atom. The molecule has 108 valence electrons. The van der Waals surface area contributed by atoms with Crippen molar-refractivity contribution in [2.45, 2.75) is 0 Å². The van der Waals surface area contributed by atoms with Gasteiger partial charge in [0, 0.05) is 5.56 Å². The molecular formula is C14H12IN3O3. The smallest absolute Gasteiger partial charge is 0.259 e. The third-order valence-corrected chi connectivity index (χ3v) is 3.00. The molecule has 1 heterocycles. The van der Waals surface area contributed by atoms with Gasteiger partial charge in [-0.3, -0.25) is 9.59 Å². The summed E-state index contributed by atoms with van der Waals surface area (Å²) in [4.78, 5) is 23.2. The number of carbonyl (C=O) groups excluding carboxylic acids is 2. The zero-order valence-electron chi connectivity index (χ0n) is 10.9. The Kier molecular flexibility index (Phi) is 5.50. The van der Waals surface area contributed by atoms with Crippen LogP contribution in [-0.4, -0.2) is 24.6 Å². The van der Waals surface area contributed by atoms with Crippen molar-refractivity contribution in [3.63, 3.8) is 0 Å². The molecule has 2 amide bonds. The fourth-order valence-electron chi connectivity index (χ4n) is 1.46. The van der Waals surface area contributed by atoms with E-state index in [9.17, 15) is 9.59 Å². The Labute approximate surface area is 134 Å². The molecular weight excluding hydrogens is 385 g/mol. The summed E-state index contributed by atoms with van der Waals surface area (Å²) >= 11 is 2.03. The number of hydrogen-bond acceptors (Lipinski definition) is 4. The standard InChI is InChI=1S/C14H12IN3O3/c15-12-7-6-11(21-12)8-17-18-13(19)9-16-14(20)10-4-2-1-3-5-10/h1-8H,9H2,(H,16,20)(H,18,19). The van der Waals surface area contributed by atoms with E-state index in [2.05, 4.69) is 15.8 Å². The maximum absolute atomic E-state index is 11.7. The first kappa shape index (κ1) is 15.2. The molecule has 1 aromatic carbocycles. The number of amides is 2. The quantitative estimate of drug-likeness (QED) is 0.458. The number of halogens is 1. The van der Waals surface area contributed by atoms with Crippen LogP contribution in [0.1, 0.15) is 16.1 Å².